The number of aromatic nitrogens is 1. The quantitative estimate of drug-likeness (QED) is 0.863. The van der Waals surface area contributed by atoms with Gasteiger partial charge in [0, 0.05) is 16.8 Å². The van der Waals surface area contributed by atoms with Gasteiger partial charge in [-0.1, -0.05) is 0 Å². The maximum absolute atomic E-state index is 4.41. The molecule has 0 aliphatic carbocycles. The van der Waals surface area contributed by atoms with Crippen LogP contribution in [0.15, 0.2) is 22.5 Å². The SMILES string of the molecule is Sc1csc(-c2ccc(CN3CCCC3)s2)n1. The summed E-state index contributed by atoms with van der Waals surface area (Å²) in [4.78, 5) is 9.65. The highest BCUT2D eigenvalue weighted by Crippen LogP contribution is 2.32. The van der Waals surface area contributed by atoms with Gasteiger partial charge >= 0.3 is 0 Å². The number of rotatable bonds is 3. The molecule has 2 nitrogen and oxygen atoms in total. The number of nitrogens with zero attached hydrogens (tertiary/aromatic N) is 2. The molecule has 0 bridgehead atoms. The number of thiophene rings is 1. The van der Waals surface area contributed by atoms with Crippen molar-refractivity contribution < 1.29 is 0 Å². The summed E-state index contributed by atoms with van der Waals surface area (Å²) in [5.41, 5.74) is 0. The zero-order chi connectivity index (χ0) is 11.7. The van der Waals surface area contributed by atoms with Crippen LogP contribution in [0.5, 0.6) is 0 Å². The molecule has 0 spiro atoms. The second-order valence-corrected chi connectivity index (χ2v) is 6.74. The third-order valence-corrected chi connectivity index (χ3v) is 5.43. The molecule has 3 heterocycles. The molecule has 1 aliphatic heterocycles. The highest BCUT2D eigenvalue weighted by Gasteiger charge is 2.13. The molecule has 2 aromatic rings. The summed E-state index contributed by atoms with van der Waals surface area (Å²) in [5.74, 6) is 0. The summed E-state index contributed by atoms with van der Waals surface area (Å²) < 4.78 is 0. The van der Waals surface area contributed by atoms with Gasteiger partial charge in [0.25, 0.3) is 0 Å². The Hall–Kier alpha value is -0.360. The molecule has 1 saturated heterocycles. The first-order valence-electron chi connectivity index (χ1n) is 5.77. The first kappa shape index (κ1) is 11.7. The average molecular weight is 282 g/mol. The van der Waals surface area contributed by atoms with E-state index in [1.54, 1.807) is 11.3 Å². The van der Waals surface area contributed by atoms with E-state index >= 15 is 0 Å². The summed E-state index contributed by atoms with van der Waals surface area (Å²) in [6.07, 6.45) is 2.71. The number of thiazole rings is 1. The molecule has 90 valence electrons. The van der Waals surface area contributed by atoms with Crippen LogP contribution in [-0.2, 0) is 6.54 Å². The molecule has 3 rings (SSSR count). The summed E-state index contributed by atoms with van der Waals surface area (Å²) >= 11 is 7.78. The van der Waals surface area contributed by atoms with Gasteiger partial charge in [-0.25, -0.2) is 4.98 Å². The number of hydrogen-bond donors (Lipinski definition) is 1. The summed E-state index contributed by atoms with van der Waals surface area (Å²) in [6.45, 7) is 3.61. The van der Waals surface area contributed by atoms with E-state index in [0.29, 0.717) is 0 Å². The summed E-state index contributed by atoms with van der Waals surface area (Å²) in [7, 11) is 0. The van der Waals surface area contributed by atoms with Gasteiger partial charge in [0.15, 0.2) is 0 Å². The Morgan fingerprint density at radius 3 is 2.82 bits per heavy atom. The predicted octanol–water partition coefficient (Wildman–Crippen LogP) is 3.76. The van der Waals surface area contributed by atoms with Crippen LogP contribution >= 0.6 is 35.3 Å². The minimum Gasteiger partial charge on any atom is -0.298 e. The smallest absolute Gasteiger partial charge is 0.134 e. The molecule has 17 heavy (non-hydrogen) atoms. The van der Waals surface area contributed by atoms with E-state index in [4.69, 9.17) is 0 Å². The molecule has 2 aromatic heterocycles. The Morgan fingerprint density at radius 1 is 1.29 bits per heavy atom. The third kappa shape index (κ3) is 2.73. The van der Waals surface area contributed by atoms with Gasteiger partial charge in [-0.15, -0.1) is 35.3 Å². The molecule has 0 N–H and O–H groups in total. The summed E-state index contributed by atoms with van der Waals surface area (Å²) in [5, 5.41) is 3.89. The van der Waals surface area contributed by atoms with Crippen molar-refractivity contribution in [3.05, 3.63) is 22.4 Å². The van der Waals surface area contributed by atoms with E-state index in [0.717, 1.165) is 16.6 Å². The molecular weight excluding hydrogens is 268 g/mol. The first-order valence-corrected chi connectivity index (χ1v) is 7.91. The van der Waals surface area contributed by atoms with Crippen molar-refractivity contribution in [1.82, 2.24) is 9.88 Å². The highest BCUT2D eigenvalue weighted by atomic mass is 32.1. The van der Waals surface area contributed by atoms with Crippen LogP contribution in [0.2, 0.25) is 0 Å². The molecule has 0 radical (unpaired) electrons. The highest BCUT2D eigenvalue weighted by molar-refractivity contribution is 7.80. The van der Waals surface area contributed by atoms with E-state index in [1.165, 1.54) is 35.7 Å². The molecule has 0 atom stereocenters. The Balaban J connectivity index is 1.73. The Bertz CT molecular complexity index is 497. The van der Waals surface area contributed by atoms with Crippen molar-refractivity contribution in [1.29, 1.82) is 0 Å². The van der Waals surface area contributed by atoms with Crippen LogP contribution in [0, 0.1) is 0 Å². The molecule has 0 amide bonds. The standard InChI is InChI=1S/C12H14N2S3/c15-11-8-16-12(13-11)10-4-3-9(17-10)7-14-5-1-2-6-14/h3-4,8,15H,1-2,5-7H2. The minimum atomic E-state index is 0.819. The average Bonchev–Trinajstić information content (AvgIpc) is 2.99. The molecular formula is C12H14N2S3. The largest absolute Gasteiger partial charge is 0.298 e. The first-order chi connectivity index (χ1) is 8.31. The van der Waals surface area contributed by atoms with E-state index in [2.05, 4.69) is 34.6 Å². The predicted molar refractivity (Wildman–Crippen MR) is 77.2 cm³/mol. The zero-order valence-corrected chi connectivity index (χ0v) is 12.0. The zero-order valence-electron chi connectivity index (χ0n) is 9.43. The van der Waals surface area contributed by atoms with Crippen molar-refractivity contribution in [2.75, 3.05) is 13.1 Å². The maximum atomic E-state index is 4.41. The van der Waals surface area contributed by atoms with Crippen molar-refractivity contribution in [3.8, 4) is 9.88 Å². The van der Waals surface area contributed by atoms with E-state index in [9.17, 15) is 0 Å². The van der Waals surface area contributed by atoms with E-state index in [-0.39, 0.29) is 0 Å². The van der Waals surface area contributed by atoms with Gasteiger partial charge in [0.1, 0.15) is 10.0 Å². The molecule has 0 saturated carbocycles. The van der Waals surface area contributed by atoms with Crippen LogP contribution < -0.4 is 0 Å². The second kappa shape index (κ2) is 5.10. The molecule has 1 aliphatic rings. The van der Waals surface area contributed by atoms with Crippen LogP contribution in [0.25, 0.3) is 9.88 Å². The topological polar surface area (TPSA) is 16.1 Å². The van der Waals surface area contributed by atoms with Crippen molar-refractivity contribution in [2.24, 2.45) is 0 Å². The summed E-state index contributed by atoms with van der Waals surface area (Å²) in [6, 6.07) is 4.42. The Kier molecular flexibility index (Phi) is 3.51. The maximum Gasteiger partial charge on any atom is 0.134 e. The molecule has 5 heteroatoms. The number of hydrogen-bond acceptors (Lipinski definition) is 5. The van der Waals surface area contributed by atoms with Gasteiger partial charge in [0.2, 0.25) is 0 Å². The fourth-order valence-corrected chi connectivity index (χ4v) is 4.25. The Labute approximate surface area is 115 Å². The minimum absolute atomic E-state index is 0.819. The van der Waals surface area contributed by atoms with Crippen LogP contribution in [0.1, 0.15) is 17.7 Å². The number of likely N-dealkylation sites (tertiary alicyclic amines) is 1. The van der Waals surface area contributed by atoms with Gasteiger partial charge in [-0.2, -0.15) is 0 Å². The molecule has 0 aromatic carbocycles. The second-order valence-electron chi connectivity index (χ2n) is 4.26. The van der Waals surface area contributed by atoms with Crippen molar-refractivity contribution in [3.63, 3.8) is 0 Å². The number of thiol groups is 1. The fourth-order valence-electron chi connectivity index (χ4n) is 2.12. The van der Waals surface area contributed by atoms with Gasteiger partial charge in [-0.3, -0.25) is 4.90 Å². The molecule has 0 unspecified atom stereocenters. The van der Waals surface area contributed by atoms with Gasteiger partial charge < -0.3 is 0 Å². The lowest BCUT2D eigenvalue weighted by Crippen LogP contribution is -2.17. The van der Waals surface area contributed by atoms with Crippen molar-refractivity contribution in [2.45, 2.75) is 24.4 Å². The van der Waals surface area contributed by atoms with Crippen LogP contribution in [0.3, 0.4) is 0 Å². The lowest BCUT2D eigenvalue weighted by Gasteiger charge is -2.12. The normalized spacial score (nSPS) is 16.8. The fraction of sp³-hybridized carbons (Fsp3) is 0.417. The Morgan fingerprint density at radius 2 is 2.12 bits per heavy atom. The third-order valence-electron chi connectivity index (χ3n) is 2.94. The van der Waals surface area contributed by atoms with Gasteiger partial charge in [0.05, 0.1) is 4.88 Å². The van der Waals surface area contributed by atoms with Crippen LogP contribution in [0.4, 0.5) is 0 Å². The molecule has 1 fully saturated rings. The van der Waals surface area contributed by atoms with Gasteiger partial charge in [-0.05, 0) is 38.1 Å². The van der Waals surface area contributed by atoms with E-state index in [1.807, 2.05) is 16.7 Å². The van der Waals surface area contributed by atoms with Crippen molar-refractivity contribution >= 4 is 35.3 Å². The van der Waals surface area contributed by atoms with E-state index < -0.39 is 0 Å². The lowest BCUT2D eigenvalue weighted by molar-refractivity contribution is 0.334. The monoisotopic (exact) mass is 282 g/mol. The lowest BCUT2D eigenvalue weighted by atomic mass is 10.4. The van der Waals surface area contributed by atoms with Crippen LogP contribution in [-0.4, -0.2) is 23.0 Å².